The summed E-state index contributed by atoms with van der Waals surface area (Å²) >= 11 is 0. The van der Waals surface area contributed by atoms with Crippen LogP contribution in [0.4, 0.5) is 0 Å². The molecule has 0 aromatic heterocycles. The average Bonchev–Trinajstić information content (AvgIpc) is 2.78. The van der Waals surface area contributed by atoms with Gasteiger partial charge in [-0.25, -0.2) is 9.78 Å². The molecule has 80 valence electrons. The Labute approximate surface area is 83.4 Å². The molecule has 0 radical (unpaired) electrons. The zero-order valence-corrected chi connectivity index (χ0v) is 8.45. The Bertz CT molecular complexity index is 215. The summed E-state index contributed by atoms with van der Waals surface area (Å²) in [7, 11) is 0. The van der Waals surface area contributed by atoms with Gasteiger partial charge < -0.3 is 4.74 Å². The predicted octanol–water partition coefficient (Wildman–Crippen LogP) is 1.44. The highest BCUT2D eigenvalue weighted by atomic mass is 17.2. The van der Waals surface area contributed by atoms with Gasteiger partial charge in [0, 0.05) is 6.42 Å². The Balaban J connectivity index is 2.06. The van der Waals surface area contributed by atoms with Crippen molar-refractivity contribution in [2.75, 3.05) is 13.2 Å². The van der Waals surface area contributed by atoms with E-state index in [1.165, 1.54) is 0 Å². The summed E-state index contributed by atoms with van der Waals surface area (Å²) in [5.74, 6) is -0.250. The fraction of sp³-hybridized carbons (Fsp3) is 0.900. The van der Waals surface area contributed by atoms with Gasteiger partial charge in [0.15, 0.2) is 0 Å². The minimum atomic E-state index is -0.369. The van der Waals surface area contributed by atoms with Crippen molar-refractivity contribution in [3.8, 4) is 0 Å². The lowest BCUT2D eigenvalue weighted by Gasteiger charge is -2.25. The molecule has 0 aromatic carbocycles. The van der Waals surface area contributed by atoms with Crippen LogP contribution in [0.25, 0.3) is 0 Å². The number of hydrogen-bond acceptors (Lipinski definition) is 4. The van der Waals surface area contributed by atoms with Crippen LogP contribution < -0.4 is 0 Å². The van der Waals surface area contributed by atoms with E-state index in [0.29, 0.717) is 13.2 Å². The molecule has 0 aromatic rings. The van der Waals surface area contributed by atoms with E-state index in [0.717, 1.165) is 25.7 Å². The van der Waals surface area contributed by atoms with Crippen molar-refractivity contribution in [1.29, 1.82) is 0 Å². The molecule has 4 heteroatoms. The van der Waals surface area contributed by atoms with E-state index < -0.39 is 0 Å². The van der Waals surface area contributed by atoms with E-state index in [9.17, 15) is 4.79 Å². The largest absolute Gasteiger partial charge is 0.466 e. The summed E-state index contributed by atoms with van der Waals surface area (Å²) in [6.45, 7) is 2.85. The van der Waals surface area contributed by atoms with E-state index in [-0.39, 0.29) is 17.5 Å². The first-order valence-electron chi connectivity index (χ1n) is 5.26. The van der Waals surface area contributed by atoms with Crippen LogP contribution in [-0.4, -0.2) is 24.8 Å². The standard InChI is InChI=1S/C10H16O4/c1-2-12-9(11)8-4-3-5-10(8)6-7-13-14-10/h8H,2-7H2,1H3. The molecule has 2 atom stereocenters. The van der Waals surface area contributed by atoms with E-state index in [2.05, 4.69) is 0 Å². The van der Waals surface area contributed by atoms with Crippen molar-refractivity contribution in [3.63, 3.8) is 0 Å². The number of hydrogen-bond donors (Lipinski definition) is 0. The van der Waals surface area contributed by atoms with Gasteiger partial charge in [-0.15, -0.1) is 0 Å². The lowest BCUT2D eigenvalue weighted by Crippen LogP contribution is -2.38. The Hall–Kier alpha value is -0.610. The molecule has 4 nitrogen and oxygen atoms in total. The molecule has 0 N–H and O–H groups in total. The Morgan fingerprint density at radius 3 is 3.07 bits per heavy atom. The maximum Gasteiger partial charge on any atom is 0.311 e. The molecule has 1 saturated heterocycles. The molecule has 2 fully saturated rings. The van der Waals surface area contributed by atoms with Gasteiger partial charge in [0.2, 0.25) is 0 Å². The number of carbonyl (C=O) groups is 1. The maximum absolute atomic E-state index is 11.6. The van der Waals surface area contributed by atoms with E-state index >= 15 is 0 Å². The summed E-state index contributed by atoms with van der Waals surface area (Å²) < 4.78 is 5.04. The second-order valence-corrected chi connectivity index (χ2v) is 3.92. The highest BCUT2D eigenvalue weighted by Crippen LogP contribution is 2.44. The lowest BCUT2D eigenvalue weighted by atomic mass is 9.88. The lowest BCUT2D eigenvalue weighted by molar-refractivity contribution is -0.315. The maximum atomic E-state index is 11.6. The van der Waals surface area contributed by atoms with Crippen LogP contribution in [-0.2, 0) is 19.3 Å². The van der Waals surface area contributed by atoms with E-state index in [1.807, 2.05) is 6.92 Å². The minimum Gasteiger partial charge on any atom is -0.466 e. The molecule has 2 rings (SSSR count). The van der Waals surface area contributed by atoms with Gasteiger partial charge in [-0.3, -0.25) is 4.79 Å². The number of ether oxygens (including phenoxy) is 1. The molecular formula is C10H16O4. The Morgan fingerprint density at radius 1 is 1.57 bits per heavy atom. The third-order valence-electron chi connectivity index (χ3n) is 3.13. The first-order valence-corrected chi connectivity index (χ1v) is 5.26. The third-order valence-corrected chi connectivity index (χ3v) is 3.13. The smallest absolute Gasteiger partial charge is 0.311 e. The van der Waals surface area contributed by atoms with Crippen LogP contribution in [0.5, 0.6) is 0 Å². The summed E-state index contributed by atoms with van der Waals surface area (Å²) in [5.41, 5.74) is -0.369. The summed E-state index contributed by atoms with van der Waals surface area (Å²) in [6, 6.07) is 0. The minimum absolute atomic E-state index is 0.120. The predicted molar refractivity (Wildman–Crippen MR) is 48.4 cm³/mol. The second kappa shape index (κ2) is 3.87. The quantitative estimate of drug-likeness (QED) is 0.500. The molecule has 2 unspecified atom stereocenters. The monoisotopic (exact) mass is 200 g/mol. The summed E-state index contributed by atoms with van der Waals surface area (Å²) in [6.07, 6.45) is 3.61. The van der Waals surface area contributed by atoms with Crippen molar-refractivity contribution >= 4 is 5.97 Å². The molecule has 0 bridgehead atoms. The van der Waals surface area contributed by atoms with Crippen molar-refractivity contribution in [3.05, 3.63) is 0 Å². The molecule has 1 heterocycles. The molecule has 0 amide bonds. The number of carbonyl (C=O) groups excluding carboxylic acids is 1. The zero-order chi connectivity index (χ0) is 10.0. The fourth-order valence-corrected chi connectivity index (χ4v) is 2.43. The van der Waals surface area contributed by atoms with Crippen LogP contribution in [0.1, 0.15) is 32.6 Å². The van der Waals surface area contributed by atoms with Gasteiger partial charge in [0.25, 0.3) is 0 Å². The van der Waals surface area contributed by atoms with Gasteiger partial charge in [0.1, 0.15) is 5.60 Å². The van der Waals surface area contributed by atoms with E-state index in [1.54, 1.807) is 0 Å². The fourth-order valence-electron chi connectivity index (χ4n) is 2.43. The van der Waals surface area contributed by atoms with Gasteiger partial charge >= 0.3 is 5.97 Å². The Kier molecular flexibility index (Phi) is 2.74. The van der Waals surface area contributed by atoms with Crippen LogP contribution in [0.15, 0.2) is 0 Å². The van der Waals surface area contributed by atoms with Gasteiger partial charge in [0.05, 0.1) is 19.1 Å². The molecule has 1 aliphatic carbocycles. The van der Waals surface area contributed by atoms with Gasteiger partial charge in [-0.05, 0) is 26.2 Å². The molecule has 1 aliphatic heterocycles. The van der Waals surface area contributed by atoms with Crippen molar-refractivity contribution < 1.29 is 19.3 Å². The summed E-state index contributed by atoms with van der Waals surface area (Å²) in [4.78, 5) is 21.9. The first kappa shape index (κ1) is 9.93. The van der Waals surface area contributed by atoms with Crippen LogP contribution in [0, 0.1) is 5.92 Å². The van der Waals surface area contributed by atoms with Crippen molar-refractivity contribution in [2.24, 2.45) is 5.92 Å². The highest BCUT2D eigenvalue weighted by molar-refractivity contribution is 5.74. The van der Waals surface area contributed by atoms with Crippen molar-refractivity contribution in [2.45, 2.75) is 38.2 Å². The van der Waals surface area contributed by atoms with E-state index in [4.69, 9.17) is 14.5 Å². The number of esters is 1. The molecule has 1 saturated carbocycles. The molecule has 14 heavy (non-hydrogen) atoms. The average molecular weight is 200 g/mol. The first-order chi connectivity index (χ1) is 6.78. The normalized spacial score (nSPS) is 36.5. The van der Waals surface area contributed by atoms with Crippen molar-refractivity contribution in [1.82, 2.24) is 0 Å². The zero-order valence-electron chi connectivity index (χ0n) is 8.45. The molecule has 1 spiro atoms. The van der Waals surface area contributed by atoms with Crippen LogP contribution in [0.2, 0.25) is 0 Å². The second-order valence-electron chi connectivity index (χ2n) is 3.92. The topological polar surface area (TPSA) is 44.8 Å². The van der Waals surface area contributed by atoms with Gasteiger partial charge in [-0.2, -0.15) is 0 Å². The SMILES string of the molecule is CCOC(=O)C1CCCC12CCOO2. The Morgan fingerprint density at radius 2 is 2.43 bits per heavy atom. The summed E-state index contributed by atoms with van der Waals surface area (Å²) in [5, 5.41) is 0. The van der Waals surface area contributed by atoms with Crippen LogP contribution in [0.3, 0.4) is 0 Å². The third kappa shape index (κ3) is 1.53. The molecule has 2 aliphatic rings. The molecular weight excluding hydrogens is 184 g/mol. The van der Waals surface area contributed by atoms with Crippen LogP contribution >= 0.6 is 0 Å². The number of rotatable bonds is 2. The highest BCUT2D eigenvalue weighted by Gasteiger charge is 2.52. The van der Waals surface area contributed by atoms with Gasteiger partial charge in [-0.1, -0.05) is 0 Å².